The first-order valence-electron chi connectivity index (χ1n) is 7.28. The largest absolute Gasteiger partial charge is 0.422 e. The molecule has 0 aliphatic carbocycles. The van der Waals surface area contributed by atoms with Crippen LogP contribution in [-0.4, -0.2) is 46.4 Å². The fourth-order valence-electron chi connectivity index (χ4n) is 1.54. The lowest BCUT2D eigenvalue weighted by Gasteiger charge is -2.16. The lowest BCUT2D eigenvalue weighted by molar-refractivity contribution is -0.137. The molecule has 0 aliphatic heterocycles. The van der Waals surface area contributed by atoms with Gasteiger partial charge in [0.2, 0.25) is 0 Å². The number of rotatable bonds is 8. The highest BCUT2D eigenvalue weighted by molar-refractivity contribution is 7.84. The van der Waals surface area contributed by atoms with Gasteiger partial charge in [-0.1, -0.05) is 19.9 Å². The Kier molecular flexibility index (Phi) is 6.99. The second-order valence-corrected chi connectivity index (χ2v) is 7.29. The Morgan fingerprint density at radius 1 is 1.26 bits per heavy atom. The molecular formula is C15H24N2O5S. The highest BCUT2D eigenvalue weighted by Gasteiger charge is 2.21. The zero-order chi connectivity index (χ0) is 17.6. The third-order valence-corrected chi connectivity index (χ3v) is 4.28. The molecule has 0 saturated heterocycles. The van der Waals surface area contributed by atoms with Gasteiger partial charge in [-0.25, -0.2) is 0 Å². The van der Waals surface area contributed by atoms with E-state index in [1.807, 2.05) is 7.05 Å². The van der Waals surface area contributed by atoms with Gasteiger partial charge in [0.1, 0.15) is 0 Å². The van der Waals surface area contributed by atoms with Crippen LogP contribution in [0.3, 0.4) is 0 Å². The molecule has 0 bridgehead atoms. The van der Waals surface area contributed by atoms with Gasteiger partial charge in [0.15, 0.2) is 11.5 Å². The molecule has 0 radical (unpaired) electrons. The molecule has 8 heteroatoms. The van der Waals surface area contributed by atoms with Crippen molar-refractivity contribution in [1.82, 2.24) is 9.62 Å². The van der Waals surface area contributed by atoms with Crippen LogP contribution in [0.5, 0.6) is 11.5 Å². The van der Waals surface area contributed by atoms with Crippen molar-refractivity contribution in [1.29, 1.82) is 0 Å². The minimum atomic E-state index is -3.93. The molecule has 1 N–H and O–H groups in total. The molecular weight excluding hydrogens is 320 g/mol. The third-order valence-electron chi connectivity index (χ3n) is 3.00. The number of benzene rings is 1. The van der Waals surface area contributed by atoms with Crippen LogP contribution in [-0.2, 0) is 21.5 Å². The number of nitrogens with one attached hydrogen (secondary N) is 1. The molecule has 1 aromatic rings. The van der Waals surface area contributed by atoms with Crippen molar-refractivity contribution in [3.05, 3.63) is 23.8 Å². The topological polar surface area (TPSA) is 84.9 Å². The van der Waals surface area contributed by atoms with Crippen molar-refractivity contribution in [3.63, 3.8) is 0 Å². The first-order chi connectivity index (χ1) is 10.7. The van der Waals surface area contributed by atoms with E-state index >= 15 is 0 Å². The predicted octanol–water partition coefficient (Wildman–Crippen LogP) is 1.20. The molecule has 0 saturated carbocycles. The summed E-state index contributed by atoms with van der Waals surface area (Å²) in [6, 6.07) is 4.86. The van der Waals surface area contributed by atoms with Crippen LogP contribution in [0.2, 0.25) is 0 Å². The number of esters is 1. The molecule has 0 atom stereocenters. The molecule has 0 fully saturated rings. The van der Waals surface area contributed by atoms with Gasteiger partial charge in [0.25, 0.3) is 0 Å². The molecule has 23 heavy (non-hydrogen) atoms. The molecule has 0 unspecified atom stereocenters. The summed E-state index contributed by atoms with van der Waals surface area (Å²) in [4.78, 5) is 11.8. The van der Waals surface area contributed by atoms with Gasteiger partial charge in [0, 0.05) is 14.1 Å². The van der Waals surface area contributed by atoms with Crippen molar-refractivity contribution in [2.45, 2.75) is 20.3 Å². The van der Waals surface area contributed by atoms with E-state index in [2.05, 4.69) is 5.32 Å². The van der Waals surface area contributed by atoms with E-state index in [4.69, 9.17) is 8.92 Å². The van der Waals surface area contributed by atoms with Gasteiger partial charge in [-0.15, -0.1) is 0 Å². The fraction of sp³-hybridized carbons (Fsp3) is 0.533. The average molecular weight is 344 g/mol. The third kappa shape index (κ3) is 5.81. The first kappa shape index (κ1) is 19.4. The summed E-state index contributed by atoms with van der Waals surface area (Å²) >= 11 is 0. The first-order valence-corrected chi connectivity index (χ1v) is 8.65. The maximum absolute atomic E-state index is 11.9. The standard InChI is InChI=1S/C15H24N2O5S/c1-11(2)15(18)21-14-10-12(8-9-16-3)6-7-13(14)22-23(19,20)17(4)5/h6-7,10-11,16H,8-9H2,1-5H3. The van der Waals surface area contributed by atoms with E-state index in [0.29, 0.717) is 6.42 Å². The van der Waals surface area contributed by atoms with Gasteiger partial charge in [0.05, 0.1) is 5.92 Å². The van der Waals surface area contributed by atoms with Crippen molar-refractivity contribution >= 4 is 16.3 Å². The second-order valence-electron chi connectivity index (χ2n) is 5.53. The van der Waals surface area contributed by atoms with Crippen molar-refractivity contribution < 1.29 is 22.1 Å². The number of hydrogen-bond acceptors (Lipinski definition) is 6. The molecule has 1 aromatic carbocycles. The number of nitrogens with zero attached hydrogens (tertiary/aromatic N) is 1. The smallest absolute Gasteiger partial charge is 0.384 e. The molecule has 0 aliphatic rings. The number of ether oxygens (including phenoxy) is 1. The molecule has 1 rings (SSSR count). The van der Waals surface area contributed by atoms with Crippen LogP contribution in [0.25, 0.3) is 0 Å². The van der Waals surface area contributed by atoms with Crippen molar-refractivity contribution in [2.24, 2.45) is 5.92 Å². The number of carbonyl (C=O) groups is 1. The monoisotopic (exact) mass is 344 g/mol. The van der Waals surface area contributed by atoms with E-state index in [0.717, 1.165) is 16.4 Å². The summed E-state index contributed by atoms with van der Waals surface area (Å²) in [5.74, 6) is -0.708. The van der Waals surface area contributed by atoms with Crippen LogP contribution >= 0.6 is 0 Å². The summed E-state index contributed by atoms with van der Waals surface area (Å²) < 4.78 is 35.0. The van der Waals surface area contributed by atoms with Gasteiger partial charge < -0.3 is 14.2 Å². The van der Waals surface area contributed by atoms with Crippen LogP contribution in [0.1, 0.15) is 19.4 Å². The van der Waals surface area contributed by atoms with Crippen molar-refractivity contribution in [2.75, 3.05) is 27.7 Å². The van der Waals surface area contributed by atoms with Crippen LogP contribution < -0.4 is 14.2 Å². The Hall–Kier alpha value is -1.64. The zero-order valence-electron chi connectivity index (χ0n) is 14.1. The van der Waals surface area contributed by atoms with Crippen molar-refractivity contribution in [3.8, 4) is 11.5 Å². The highest BCUT2D eigenvalue weighted by Crippen LogP contribution is 2.31. The molecule has 0 heterocycles. The number of likely N-dealkylation sites (N-methyl/N-ethyl adjacent to an activating group) is 1. The molecule has 0 aromatic heterocycles. The Bertz CT molecular complexity index is 641. The zero-order valence-corrected chi connectivity index (χ0v) is 14.9. The summed E-state index contributed by atoms with van der Waals surface area (Å²) in [5, 5.41) is 3.02. The Morgan fingerprint density at radius 2 is 1.91 bits per heavy atom. The normalized spacial score (nSPS) is 11.8. The summed E-state index contributed by atoms with van der Waals surface area (Å²) in [6.07, 6.45) is 0.712. The van der Waals surface area contributed by atoms with Crippen LogP contribution in [0.4, 0.5) is 0 Å². The lowest BCUT2D eigenvalue weighted by Crippen LogP contribution is -2.27. The fourth-order valence-corrected chi connectivity index (χ4v) is 2.05. The van der Waals surface area contributed by atoms with E-state index in [1.54, 1.807) is 26.0 Å². The van der Waals surface area contributed by atoms with Gasteiger partial charge in [-0.05, 0) is 37.7 Å². The van der Waals surface area contributed by atoms with E-state index < -0.39 is 16.3 Å². The SMILES string of the molecule is CNCCc1ccc(OS(=O)(=O)N(C)C)c(OC(=O)C(C)C)c1. The Balaban J connectivity index is 3.14. The number of carbonyl (C=O) groups excluding carboxylic acids is 1. The summed E-state index contributed by atoms with van der Waals surface area (Å²) in [7, 11) is 0.619. The number of hydrogen-bond donors (Lipinski definition) is 1. The lowest BCUT2D eigenvalue weighted by atomic mass is 10.1. The molecule has 7 nitrogen and oxygen atoms in total. The second kappa shape index (κ2) is 8.28. The predicted molar refractivity (Wildman–Crippen MR) is 87.8 cm³/mol. The minimum absolute atomic E-state index is 0.0130. The van der Waals surface area contributed by atoms with Gasteiger partial charge >= 0.3 is 16.3 Å². The van der Waals surface area contributed by atoms with Gasteiger partial charge in [-0.2, -0.15) is 12.7 Å². The average Bonchev–Trinajstić information content (AvgIpc) is 2.46. The highest BCUT2D eigenvalue weighted by atomic mass is 32.2. The van der Waals surface area contributed by atoms with Crippen LogP contribution in [0, 0.1) is 5.92 Å². The molecule has 0 amide bonds. The maximum Gasteiger partial charge on any atom is 0.384 e. The molecule has 130 valence electrons. The summed E-state index contributed by atoms with van der Waals surface area (Å²) in [6.45, 7) is 4.14. The minimum Gasteiger partial charge on any atom is -0.422 e. The van der Waals surface area contributed by atoms with E-state index in [-0.39, 0.29) is 17.4 Å². The quantitative estimate of drug-likeness (QED) is 0.563. The Morgan fingerprint density at radius 3 is 2.43 bits per heavy atom. The Labute approximate surface area is 137 Å². The summed E-state index contributed by atoms with van der Waals surface area (Å²) in [5.41, 5.74) is 0.903. The molecule has 0 spiro atoms. The van der Waals surface area contributed by atoms with Crippen LogP contribution in [0.15, 0.2) is 18.2 Å². The van der Waals surface area contributed by atoms with E-state index in [9.17, 15) is 13.2 Å². The van der Waals surface area contributed by atoms with Gasteiger partial charge in [-0.3, -0.25) is 4.79 Å². The maximum atomic E-state index is 11.9. The van der Waals surface area contributed by atoms with E-state index in [1.165, 1.54) is 20.2 Å².